The molecule has 1 aliphatic rings. The van der Waals surface area contributed by atoms with Gasteiger partial charge in [-0.05, 0) is 80.2 Å². The lowest BCUT2D eigenvalue weighted by atomic mass is 9.96. The smallest absolute Gasteiger partial charge is 0.337 e. The number of aryl methyl sites for hydroxylation is 1. The number of nitrogens with zero attached hydrogens (tertiary/aromatic N) is 3. The minimum absolute atomic E-state index is 0.101. The molecule has 2 aromatic heterocycles. The van der Waals surface area contributed by atoms with Crippen LogP contribution in [0.25, 0.3) is 5.69 Å². The summed E-state index contributed by atoms with van der Waals surface area (Å²) in [6.45, 7) is 5.90. The second kappa shape index (κ2) is 12.0. The summed E-state index contributed by atoms with van der Waals surface area (Å²) < 4.78 is 12.7. The number of anilines is 2. The van der Waals surface area contributed by atoms with Crippen molar-refractivity contribution in [3.05, 3.63) is 101 Å². The van der Waals surface area contributed by atoms with Crippen LogP contribution in [0.15, 0.2) is 72.9 Å². The Hall–Kier alpha value is -4.70. The van der Waals surface area contributed by atoms with Gasteiger partial charge in [-0.2, -0.15) is 0 Å². The Morgan fingerprint density at radius 3 is 2.52 bits per heavy atom. The number of hydrogen-bond donors (Lipinski definition) is 2. The van der Waals surface area contributed by atoms with Crippen LogP contribution in [0.2, 0.25) is 0 Å². The molecule has 1 amide bonds. The molecule has 42 heavy (non-hydrogen) atoms. The molecule has 2 aromatic carbocycles. The van der Waals surface area contributed by atoms with Gasteiger partial charge < -0.3 is 29.6 Å². The molecule has 0 radical (unpaired) electrons. The van der Waals surface area contributed by atoms with Crippen molar-refractivity contribution >= 4 is 40.6 Å². The van der Waals surface area contributed by atoms with E-state index >= 15 is 0 Å². The fourth-order valence-electron chi connectivity index (χ4n) is 5.49. The van der Waals surface area contributed by atoms with Crippen molar-refractivity contribution in [1.82, 2.24) is 14.9 Å². The number of amides is 1. The molecular weight excluding hydrogens is 550 g/mol. The molecule has 3 heterocycles. The summed E-state index contributed by atoms with van der Waals surface area (Å²) >= 11 is 5.93. The molecule has 216 valence electrons. The van der Waals surface area contributed by atoms with E-state index in [0.717, 1.165) is 34.0 Å². The second-order valence-electron chi connectivity index (χ2n) is 9.99. The number of aromatic nitrogens is 2. The lowest BCUT2D eigenvalue weighted by molar-refractivity contribution is -0.115. The summed E-state index contributed by atoms with van der Waals surface area (Å²) in [6, 6.07) is 20.5. The van der Waals surface area contributed by atoms with E-state index in [1.54, 1.807) is 26.3 Å². The minimum Gasteiger partial charge on any atom is -0.494 e. The summed E-state index contributed by atoms with van der Waals surface area (Å²) in [4.78, 5) is 31.1. The third kappa shape index (κ3) is 5.33. The van der Waals surface area contributed by atoms with Crippen molar-refractivity contribution in [3.8, 4) is 11.4 Å². The molecule has 4 aromatic rings. The Morgan fingerprint density at radius 2 is 1.83 bits per heavy atom. The Kier molecular flexibility index (Phi) is 8.26. The summed E-state index contributed by atoms with van der Waals surface area (Å²) in [5, 5.41) is 6.94. The second-order valence-corrected chi connectivity index (χ2v) is 10.4. The molecule has 0 saturated carbocycles. The maximum absolute atomic E-state index is 12.3. The van der Waals surface area contributed by atoms with Crippen LogP contribution in [0.5, 0.6) is 5.75 Å². The van der Waals surface area contributed by atoms with E-state index in [0.29, 0.717) is 28.5 Å². The molecule has 1 saturated heterocycles. The van der Waals surface area contributed by atoms with E-state index in [4.69, 9.17) is 21.7 Å². The van der Waals surface area contributed by atoms with Crippen LogP contribution in [0.3, 0.4) is 0 Å². The summed E-state index contributed by atoms with van der Waals surface area (Å²) in [6.07, 6.45) is 2.13. The normalized spacial score (nSPS) is 16.2. The first-order valence-electron chi connectivity index (χ1n) is 13.6. The number of hydrogen-bond acceptors (Lipinski definition) is 6. The van der Waals surface area contributed by atoms with Crippen molar-refractivity contribution < 1.29 is 19.1 Å². The predicted octanol–water partition coefficient (Wildman–Crippen LogP) is 5.81. The quantitative estimate of drug-likeness (QED) is 0.198. The number of methoxy groups -OCH3 is 2. The van der Waals surface area contributed by atoms with Crippen molar-refractivity contribution in [1.29, 1.82) is 0 Å². The van der Waals surface area contributed by atoms with Crippen molar-refractivity contribution in [2.75, 3.05) is 24.4 Å². The van der Waals surface area contributed by atoms with E-state index in [-0.39, 0.29) is 18.0 Å². The first-order valence-corrected chi connectivity index (χ1v) is 14.0. The lowest BCUT2D eigenvalue weighted by Gasteiger charge is -2.29. The van der Waals surface area contributed by atoms with Gasteiger partial charge in [-0.1, -0.05) is 19.1 Å². The third-order valence-electron chi connectivity index (χ3n) is 7.47. The third-order valence-corrected chi connectivity index (χ3v) is 7.79. The van der Waals surface area contributed by atoms with E-state index in [2.05, 4.69) is 38.1 Å². The van der Waals surface area contributed by atoms with Gasteiger partial charge in [0.1, 0.15) is 5.75 Å². The number of pyridine rings is 1. The molecule has 0 aliphatic carbocycles. The molecular formula is C32H33N5O4S. The monoisotopic (exact) mass is 583 g/mol. The van der Waals surface area contributed by atoms with Crippen LogP contribution in [-0.2, 0) is 9.53 Å². The number of esters is 1. The Morgan fingerprint density at radius 1 is 1.02 bits per heavy atom. The summed E-state index contributed by atoms with van der Waals surface area (Å²) in [7, 11) is 2.95. The predicted molar refractivity (Wildman–Crippen MR) is 166 cm³/mol. The summed E-state index contributed by atoms with van der Waals surface area (Å²) in [5.74, 6) is 0.0391. The fraction of sp³-hybridized carbons (Fsp3) is 0.250. The van der Waals surface area contributed by atoms with Gasteiger partial charge in [0.2, 0.25) is 5.91 Å². The Balaban J connectivity index is 1.64. The molecule has 2 atom stereocenters. The molecule has 1 aliphatic heterocycles. The molecule has 1 fully saturated rings. The zero-order valence-corrected chi connectivity index (χ0v) is 25.0. The Labute approximate surface area is 250 Å². The van der Waals surface area contributed by atoms with Crippen LogP contribution in [0.1, 0.15) is 58.4 Å². The summed E-state index contributed by atoms with van der Waals surface area (Å²) in [5.41, 5.74) is 6.61. The van der Waals surface area contributed by atoms with Crippen LogP contribution in [0, 0.1) is 13.8 Å². The zero-order chi connectivity index (χ0) is 30.0. The van der Waals surface area contributed by atoms with Crippen molar-refractivity contribution in [2.45, 2.75) is 39.3 Å². The van der Waals surface area contributed by atoms with E-state index < -0.39 is 5.97 Å². The highest BCUT2D eigenvalue weighted by Crippen LogP contribution is 2.45. The highest BCUT2D eigenvalue weighted by molar-refractivity contribution is 7.80. The average molecular weight is 584 g/mol. The number of nitrogens with one attached hydrogen (secondary N) is 2. The maximum atomic E-state index is 12.3. The first kappa shape index (κ1) is 28.8. The van der Waals surface area contributed by atoms with E-state index in [1.165, 1.54) is 7.11 Å². The van der Waals surface area contributed by atoms with Crippen LogP contribution < -0.4 is 20.3 Å². The van der Waals surface area contributed by atoms with Crippen LogP contribution in [0.4, 0.5) is 11.4 Å². The number of thiocarbonyl (C=S) groups is 1. The largest absolute Gasteiger partial charge is 0.494 e. The number of ether oxygens (including phenoxy) is 2. The van der Waals surface area contributed by atoms with Gasteiger partial charge in [-0.25, -0.2) is 4.79 Å². The van der Waals surface area contributed by atoms with E-state index in [1.807, 2.05) is 61.5 Å². The van der Waals surface area contributed by atoms with Gasteiger partial charge >= 0.3 is 5.97 Å². The molecule has 2 N–H and O–H groups in total. The SMILES string of the molecule is CCC(=O)Nc1ccc(N2C(=S)N[C@@H](c3ccccn3)[C@H]2c2cc(C)n(-c3cccc(C(=O)OC)c3)c2C)cc1OC. The molecule has 0 unspecified atom stereocenters. The molecule has 0 spiro atoms. The Bertz CT molecular complexity index is 1650. The van der Waals surface area contributed by atoms with Crippen LogP contribution in [-0.4, -0.2) is 40.8 Å². The van der Waals surface area contributed by atoms with Gasteiger partial charge in [0.25, 0.3) is 0 Å². The molecule has 9 nitrogen and oxygen atoms in total. The number of carbonyl (C=O) groups is 2. The maximum Gasteiger partial charge on any atom is 0.337 e. The lowest BCUT2D eigenvalue weighted by Crippen LogP contribution is -2.29. The van der Waals surface area contributed by atoms with E-state index in [9.17, 15) is 9.59 Å². The highest BCUT2D eigenvalue weighted by Gasteiger charge is 2.42. The van der Waals surface area contributed by atoms with Gasteiger partial charge in [-0.3, -0.25) is 9.78 Å². The number of benzene rings is 2. The average Bonchev–Trinajstić information content (AvgIpc) is 3.51. The zero-order valence-electron chi connectivity index (χ0n) is 24.2. The number of carbonyl (C=O) groups excluding carboxylic acids is 2. The number of rotatable bonds is 8. The fourth-order valence-corrected chi connectivity index (χ4v) is 5.84. The topological polar surface area (TPSA) is 97.7 Å². The molecule has 0 bridgehead atoms. The van der Waals surface area contributed by atoms with Crippen molar-refractivity contribution in [3.63, 3.8) is 0 Å². The standard InChI is InChI=1S/C32H33N5O4S/c1-6-28(38)34-25-14-13-23(18-27(25)40-4)37-30(29(35-32(37)42)26-12-7-8-15-33-26)24-16-19(2)36(20(24)3)22-11-9-10-21(17-22)31(39)41-5/h7-18,29-30H,6H2,1-5H3,(H,34,38)(H,35,42)/t29-,30+/m0/s1. The van der Waals surface area contributed by atoms with Gasteiger partial charge in [-0.15, -0.1) is 0 Å². The van der Waals surface area contributed by atoms with Crippen LogP contribution >= 0.6 is 12.2 Å². The molecule has 5 rings (SSSR count). The highest BCUT2D eigenvalue weighted by atomic mass is 32.1. The van der Waals surface area contributed by atoms with Gasteiger partial charge in [0.05, 0.1) is 43.2 Å². The van der Waals surface area contributed by atoms with Gasteiger partial charge in [0, 0.05) is 41.4 Å². The van der Waals surface area contributed by atoms with Gasteiger partial charge in [0.15, 0.2) is 5.11 Å². The molecule has 10 heteroatoms. The minimum atomic E-state index is -0.390. The first-order chi connectivity index (χ1) is 20.3. The van der Waals surface area contributed by atoms with Crippen molar-refractivity contribution in [2.24, 2.45) is 0 Å².